The normalized spacial score (nSPS) is 13.8. The Balaban J connectivity index is 4.76. The first-order valence-corrected chi connectivity index (χ1v) is 30.7. The zero-order valence-electron chi connectivity index (χ0n) is 46.1. The van der Waals surface area contributed by atoms with E-state index in [1.54, 1.807) is 0 Å². The fraction of sp³-hybridized carbons (Fsp3) is 0.783. The van der Waals surface area contributed by atoms with Crippen LogP contribution in [-0.2, 0) is 42.2 Å². The Hall–Kier alpha value is -2.82. The van der Waals surface area contributed by atoms with Crippen molar-refractivity contribution in [1.29, 1.82) is 0 Å². The van der Waals surface area contributed by atoms with Gasteiger partial charge in [-0.15, -0.1) is 0 Å². The first kappa shape index (κ1) is 69.2. The predicted octanol–water partition coefficient (Wildman–Crippen LogP) is 17.1. The number of esters is 3. The lowest BCUT2D eigenvalue weighted by Crippen LogP contribution is -2.30. The molecule has 0 rings (SSSR count). The van der Waals surface area contributed by atoms with Gasteiger partial charge in [-0.1, -0.05) is 223 Å². The Kier molecular flexibility index (Phi) is 52.3. The molecular formula is C60H107O11P. The molecule has 72 heavy (non-hydrogen) atoms. The smallest absolute Gasteiger partial charge is 0.462 e. The maximum absolute atomic E-state index is 12.9. The van der Waals surface area contributed by atoms with Crippen LogP contribution in [0.4, 0.5) is 0 Å². The molecule has 0 aliphatic rings. The van der Waals surface area contributed by atoms with Gasteiger partial charge in [-0.25, -0.2) is 4.57 Å². The second-order valence-corrected chi connectivity index (χ2v) is 20.9. The van der Waals surface area contributed by atoms with E-state index in [1.165, 1.54) is 109 Å². The Morgan fingerprint density at radius 3 is 1.12 bits per heavy atom. The number of carbonyl (C=O) groups excluding carboxylic acids is 3. The fourth-order valence-corrected chi connectivity index (χ4v) is 8.77. The van der Waals surface area contributed by atoms with Crippen molar-refractivity contribution < 1.29 is 52.2 Å². The van der Waals surface area contributed by atoms with Crippen LogP contribution in [0.25, 0.3) is 0 Å². The number of phosphoric ester groups is 1. The van der Waals surface area contributed by atoms with E-state index in [9.17, 15) is 28.9 Å². The minimum atomic E-state index is -4.75. The van der Waals surface area contributed by atoms with Gasteiger partial charge >= 0.3 is 25.7 Å². The van der Waals surface area contributed by atoms with E-state index in [4.69, 9.17) is 23.3 Å². The number of carbonyl (C=O) groups is 3. The molecule has 12 heteroatoms. The largest absolute Gasteiger partial charge is 0.472 e. The van der Waals surface area contributed by atoms with Crippen LogP contribution in [0.15, 0.2) is 60.8 Å². The summed E-state index contributed by atoms with van der Waals surface area (Å²) in [5, 5.41) is 9.79. The molecule has 0 aromatic rings. The van der Waals surface area contributed by atoms with Crippen molar-refractivity contribution in [2.24, 2.45) is 0 Å². The van der Waals surface area contributed by atoms with Crippen molar-refractivity contribution in [1.82, 2.24) is 0 Å². The molecule has 0 aliphatic heterocycles. The van der Waals surface area contributed by atoms with E-state index in [-0.39, 0.29) is 25.9 Å². The number of rotatable bonds is 54. The van der Waals surface area contributed by atoms with Crippen LogP contribution >= 0.6 is 7.82 Å². The Morgan fingerprint density at radius 2 is 0.722 bits per heavy atom. The van der Waals surface area contributed by atoms with E-state index in [2.05, 4.69) is 81.5 Å². The van der Waals surface area contributed by atoms with Gasteiger partial charge in [-0.3, -0.25) is 23.4 Å². The maximum atomic E-state index is 12.9. The molecule has 0 aromatic heterocycles. The number of unbranched alkanes of at least 4 members (excludes halogenated alkanes) is 27. The van der Waals surface area contributed by atoms with Gasteiger partial charge in [0.05, 0.1) is 19.8 Å². The highest BCUT2D eigenvalue weighted by molar-refractivity contribution is 7.47. The maximum Gasteiger partial charge on any atom is 0.472 e. The molecule has 3 atom stereocenters. The average molecular weight is 1040 g/mol. The molecule has 0 amide bonds. The van der Waals surface area contributed by atoms with Gasteiger partial charge in [0.15, 0.2) is 6.10 Å². The third kappa shape index (κ3) is 52.1. The number of aliphatic hydroxyl groups is 1. The van der Waals surface area contributed by atoms with Crippen molar-refractivity contribution in [3.63, 3.8) is 0 Å². The molecule has 0 heterocycles. The van der Waals surface area contributed by atoms with E-state index in [0.717, 1.165) is 96.3 Å². The Labute approximate surface area is 440 Å². The summed E-state index contributed by atoms with van der Waals surface area (Å²) >= 11 is 0. The molecule has 3 unspecified atom stereocenters. The molecule has 11 nitrogen and oxygen atoms in total. The zero-order valence-corrected chi connectivity index (χ0v) is 47.0. The third-order valence-corrected chi connectivity index (χ3v) is 13.4. The standard InChI is InChI=1S/C60H107O11P/c1-4-7-10-13-16-19-22-24-26-28-30-32-35-37-40-43-46-49-58(62)67-53-57(71-60(64)51-48-45-42-39-36-33-31-29-27-25-23-20-17-14-11-8-5-2)55-69-72(65,66)68-54-56(52-61)70-59(63)50-47-44-41-38-34-21-18-15-12-9-6-3/h8,11,17,20,24-27,31,33,56-57,61H,4-7,9-10,12-16,18-19,21-23,28-30,32,34-55H2,1-3H3,(H,65,66)/b11-8-,20-17-,26-24-,27-25-,33-31-. The van der Waals surface area contributed by atoms with Crippen molar-refractivity contribution in [3.8, 4) is 0 Å². The number of ether oxygens (including phenoxy) is 3. The first-order valence-electron chi connectivity index (χ1n) is 29.2. The molecule has 0 radical (unpaired) electrons. The highest BCUT2D eigenvalue weighted by atomic mass is 31.2. The van der Waals surface area contributed by atoms with Gasteiger partial charge in [-0.2, -0.15) is 0 Å². The van der Waals surface area contributed by atoms with Gasteiger partial charge in [-0.05, 0) is 83.5 Å². The van der Waals surface area contributed by atoms with Gasteiger partial charge < -0.3 is 24.2 Å². The van der Waals surface area contributed by atoms with Gasteiger partial charge in [0, 0.05) is 19.3 Å². The molecular weight excluding hydrogens is 928 g/mol. The van der Waals surface area contributed by atoms with Crippen LogP contribution in [-0.4, -0.2) is 66.5 Å². The molecule has 0 saturated heterocycles. The molecule has 2 N–H and O–H groups in total. The number of hydrogen-bond acceptors (Lipinski definition) is 10. The lowest BCUT2D eigenvalue weighted by atomic mass is 10.1. The summed E-state index contributed by atoms with van der Waals surface area (Å²) in [5.74, 6) is -1.49. The van der Waals surface area contributed by atoms with Gasteiger partial charge in [0.25, 0.3) is 0 Å². The number of allylic oxidation sites excluding steroid dienone is 10. The second kappa shape index (κ2) is 54.4. The number of hydrogen-bond donors (Lipinski definition) is 2. The minimum Gasteiger partial charge on any atom is -0.462 e. The van der Waals surface area contributed by atoms with E-state index < -0.39 is 57.8 Å². The van der Waals surface area contributed by atoms with Crippen LogP contribution in [0, 0.1) is 0 Å². The van der Waals surface area contributed by atoms with Crippen LogP contribution < -0.4 is 0 Å². The van der Waals surface area contributed by atoms with Gasteiger partial charge in [0.2, 0.25) is 0 Å². The summed E-state index contributed by atoms with van der Waals surface area (Å²) in [7, 11) is -4.75. The first-order chi connectivity index (χ1) is 35.2. The van der Waals surface area contributed by atoms with Crippen LogP contribution in [0.3, 0.4) is 0 Å². The predicted molar refractivity (Wildman–Crippen MR) is 298 cm³/mol. The fourth-order valence-electron chi connectivity index (χ4n) is 7.99. The highest BCUT2D eigenvalue weighted by Gasteiger charge is 2.28. The molecule has 418 valence electrons. The lowest BCUT2D eigenvalue weighted by Gasteiger charge is -2.21. The summed E-state index contributed by atoms with van der Waals surface area (Å²) in [6, 6.07) is 0. The minimum absolute atomic E-state index is 0.139. The van der Waals surface area contributed by atoms with E-state index in [1.807, 2.05) is 0 Å². The lowest BCUT2D eigenvalue weighted by molar-refractivity contribution is -0.161. The van der Waals surface area contributed by atoms with Crippen molar-refractivity contribution in [3.05, 3.63) is 60.8 Å². The second-order valence-electron chi connectivity index (χ2n) is 19.4. The van der Waals surface area contributed by atoms with Crippen molar-refractivity contribution >= 4 is 25.7 Å². The third-order valence-electron chi connectivity index (χ3n) is 12.4. The molecule has 0 aromatic carbocycles. The Morgan fingerprint density at radius 1 is 0.403 bits per heavy atom. The molecule has 0 saturated carbocycles. The number of aliphatic hydroxyl groups excluding tert-OH is 1. The summed E-state index contributed by atoms with van der Waals surface area (Å²) in [6.07, 6.45) is 58.9. The SMILES string of the molecule is CC/C=C\C/C=C\C/C=C\C/C=C\CCCCCCC(=O)OC(COC(=O)CCCCCCCCC/C=C\CCCCCCCC)COP(=O)(O)OCC(CO)OC(=O)CCCCCCCCCCCCC. The monoisotopic (exact) mass is 1030 g/mol. The van der Waals surface area contributed by atoms with Crippen molar-refractivity contribution in [2.45, 2.75) is 277 Å². The van der Waals surface area contributed by atoms with Gasteiger partial charge in [0.1, 0.15) is 12.7 Å². The average Bonchev–Trinajstić information content (AvgIpc) is 3.37. The topological polar surface area (TPSA) is 155 Å². The van der Waals surface area contributed by atoms with E-state index in [0.29, 0.717) is 19.3 Å². The van der Waals surface area contributed by atoms with Crippen LogP contribution in [0.2, 0.25) is 0 Å². The van der Waals surface area contributed by atoms with Crippen molar-refractivity contribution in [2.75, 3.05) is 26.4 Å². The number of phosphoric acid groups is 1. The van der Waals surface area contributed by atoms with E-state index >= 15 is 0 Å². The van der Waals surface area contributed by atoms with Crippen LogP contribution in [0.1, 0.15) is 265 Å². The molecule has 0 spiro atoms. The molecule has 0 aliphatic carbocycles. The summed E-state index contributed by atoms with van der Waals surface area (Å²) in [6.45, 7) is 4.51. The molecule has 0 bridgehead atoms. The Bertz CT molecular complexity index is 1440. The summed E-state index contributed by atoms with van der Waals surface area (Å²) in [4.78, 5) is 48.5. The van der Waals surface area contributed by atoms with Crippen LogP contribution in [0.5, 0.6) is 0 Å². The summed E-state index contributed by atoms with van der Waals surface area (Å²) < 4.78 is 39.5. The summed E-state index contributed by atoms with van der Waals surface area (Å²) in [5.41, 5.74) is 0. The quantitative estimate of drug-likeness (QED) is 0.0197. The zero-order chi connectivity index (χ0) is 52.7. The molecule has 0 fully saturated rings. The highest BCUT2D eigenvalue weighted by Crippen LogP contribution is 2.43.